The summed E-state index contributed by atoms with van der Waals surface area (Å²) in [5.41, 5.74) is 6.64. The van der Waals surface area contributed by atoms with Gasteiger partial charge in [0.1, 0.15) is 0 Å². The fraction of sp³-hybridized carbons (Fsp3) is 0.647. The Bertz CT molecular complexity index is 452. The minimum absolute atomic E-state index is 0.170. The van der Waals surface area contributed by atoms with Crippen LogP contribution in [0.4, 0.5) is 13.2 Å². The van der Waals surface area contributed by atoms with Gasteiger partial charge in [-0.15, -0.1) is 0 Å². The quantitative estimate of drug-likeness (QED) is 0.838. The van der Waals surface area contributed by atoms with Crippen molar-refractivity contribution in [1.82, 2.24) is 0 Å². The van der Waals surface area contributed by atoms with E-state index in [0.717, 1.165) is 31.2 Å². The van der Waals surface area contributed by atoms with E-state index in [1.54, 1.807) is 12.1 Å². The summed E-state index contributed by atoms with van der Waals surface area (Å²) in [5, 5.41) is 0. The standard InChI is InChI=1S/C17H24F3N/c1-16(2)9-7-13(8-10-16)15(11-21)12-3-5-14(6-4-12)17(18,19)20/h3-6,13,15H,7-11,21H2,1-2H3. The van der Waals surface area contributed by atoms with Gasteiger partial charge in [-0.2, -0.15) is 13.2 Å². The minimum atomic E-state index is -4.27. The van der Waals surface area contributed by atoms with Gasteiger partial charge >= 0.3 is 6.18 Å². The number of rotatable bonds is 3. The largest absolute Gasteiger partial charge is 0.416 e. The van der Waals surface area contributed by atoms with Crippen LogP contribution < -0.4 is 5.73 Å². The molecule has 1 atom stereocenters. The maximum atomic E-state index is 12.6. The highest BCUT2D eigenvalue weighted by atomic mass is 19.4. The molecule has 21 heavy (non-hydrogen) atoms. The minimum Gasteiger partial charge on any atom is -0.330 e. The van der Waals surface area contributed by atoms with E-state index in [0.29, 0.717) is 17.9 Å². The molecular formula is C17H24F3N. The zero-order valence-electron chi connectivity index (χ0n) is 12.7. The van der Waals surface area contributed by atoms with Crippen LogP contribution in [0, 0.1) is 11.3 Å². The van der Waals surface area contributed by atoms with Crippen LogP contribution in [0.15, 0.2) is 24.3 Å². The molecule has 1 unspecified atom stereocenters. The number of hydrogen-bond donors (Lipinski definition) is 1. The summed E-state index contributed by atoms with van der Waals surface area (Å²) in [6.07, 6.45) is 0.265. The molecule has 0 amide bonds. The first kappa shape index (κ1) is 16.3. The normalized spacial score (nSPS) is 21.2. The molecule has 1 nitrogen and oxygen atoms in total. The number of halogens is 3. The van der Waals surface area contributed by atoms with E-state index in [-0.39, 0.29) is 5.92 Å². The lowest BCUT2D eigenvalue weighted by molar-refractivity contribution is -0.137. The van der Waals surface area contributed by atoms with Crippen LogP contribution in [0.3, 0.4) is 0 Å². The van der Waals surface area contributed by atoms with E-state index in [9.17, 15) is 13.2 Å². The van der Waals surface area contributed by atoms with Gasteiger partial charge in [0.2, 0.25) is 0 Å². The molecule has 0 radical (unpaired) electrons. The Hall–Kier alpha value is -1.03. The molecule has 1 aliphatic carbocycles. The molecule has 1 aliphatic rings. The topological polar surface area (TPSA) is 26.0 Å². The molecule has 0 saturated heterocycles. The molecule has 1 fully saturated rings. The summed E-state index contributed by atoms with van der Waals surface area (Å²) >= 11 is 0. The summed E-state index contributed by atoms with van der Waals surface area (Å²) in [6.45, 7) is 5.05. The highest BCUT2D eigenvalue weighted by molar-refractivity contribution is 5.28. The predicted molar refractivity (Wildman–Crippen MR) is 79.0 cm³/mol. The van der Waals surface area contributed by atoms with E-state index in [4.69, 9.17) is 5.73 Å². The summed E-state index contributed by atoms with van der Waals surface area (Å²) in [6, 6.07) is 5.54. The van der Waals surface area contributed by atoms with E-state index < -0.39 is 11.7 Å². The van der Waals surface area contributed by atoms with E-state index >= 15 is 0 Å². The zero-order valence-corrected chi connectivity index (χ0v) is 12.7. The van der Waals surface area contributed by atoms with Gasteiger partial charge in [0.15, 0.2) is 0 Å². The third-order valence-electron chi connectivity index (χ3n) is 4.87. The average Bonchev–Trinajstić information content (AvgIpc) is 2.41. The van der Waals surface area contributed by atoms with Gasteiger partial charge in [0, 0.05) is 0 Å². The Kier molecular flexibility index (Phi) is 4.66. The Morgan fingerprint density at radius 3 is 2.10 bits per heavy atom. The SMILES string of the molecule is CC1(C)CCC(C(CN)c2ccc(C(F)(F)F)cc2)CC1. The fourth-order valence-corrected chi connectivity index (χ4v) is 3.34. The first-order valence-corrected chi connectivity index (χ1v) is 7.60. The molecule has 2 N–H and O–H groups in total. The van der Waals surface area contributed by atoms with Crippen molar-refractivity contribution < 1.29 is 13.2 Å². The highest BCUT2D eigenvalue weighted by Gasteiger charge is 2.33. The second-order valence-electron chi connectivity index (χ2n) is 6.96. The second-order valence-corrected chi connectivity index (χ2v) is 6.96. The van der Waals surface area contributed by atoms with Crippen LogP contribution >= 0.6 is 0 Å². The lowest BCUT2D eigenvalue weighted by atomic mass is 9.68. The first-order chi connectivity index (χ1) is 9.73. The fourth-order valence-electron chi connectivity index (χ4n) is 3.34. The van der Waals surface area contributed by atoms with Gasteiger partial charge < -0.3 is 5.73 Å². The maximum absolute atomic E-state index is 12.6. The molecule has 0 heterocycles. The Balaban J connectivity index is 2.11. The zero-order chi connectivity index (χ0) is 15.7. The van der Waals surface area contributed by atoms with Gasteiger partial charge in [-0.3, -0.25) is 0 Å². The van der Waals surface area contributed by atoms with Crippen LogP contribution in [0.5, 0.6) is 0 Å². The lowest BCUT2D eigenvalue weighted by Gasteiger charge is -2.38. The number of nitrogens with two attached hydrogens (primary N) is 1. The molecule has 0 spiro atoms. The highest BCUT2D eigenvalue weighted by Crippen LogP contribution is 2.43. The number of benzene rings is 1. The van der Waals surface area contributed by atoms with Crippen molar-refractivity contribution in [1.29, 1.82) is 0 Å². The molecule has 0 bridgehead atoms. The van der Waals surface area contributed by atoms with Crippen LogP contribution in [0.25, 0.3) is 0 Å². The third kappa shape index (κ3) is 4.00. The summed E-state index contributed by atoms with van der Waals surface area (Å²) in [7, 11) is 0. The smallest absolute Gasteiger partial charge is 0.330 e. The average molecular weight is 299 g/mol. The third-order valence-corrected chi connectivity index (χ3v) is 4.87. The van der Waals surface area contributed by atoms with E-state index in [1.165, 1.54) is 12.1 Å². The van der Waals surface area contributed by atoms with Crippen molar-refractivity contribution in [2.45, 2.75) is 51.6 Å². The molecule has 1 aromatic rings. The molecular weight excluding hydrogens is 275 g/mol. The van der Waals surface area contributed by atoms with E-state index in [1.807, 2.05) is 0 Å². The van der Waals surface area contributed by atoms with Crippen LogP contribution in [0.1, 0.15) is 56.6 Å². The van der Waals surface area contributed by atoms with Crippen molar-refractivity contribution >= 4 is 0 Å². The van der Waals surface area contributed by atoms with Crippen LogP contribution in [0.2, 0.25) is 0 Å². The lowest BCUT2D eigenvalue weighted by Crippen LogP contribution is -2.28. The van der Waals surface area contributed by atoms with Gasteiger partial charge in [0.25, 0.3) is 0 Å². The van der Waals surface area contributed by atoms with Gasteiger partial charge in [-0.1, -0.05) is 26.0 Å². The number of alkyl halides is 3. The van der Waals surface area contributed by atoms with E-state index in [2.05, 4.69) is 13.8 Å². The van der Waals surface area contributed by atoms with Crippen molar-refractivity contribution in [3.63, 3.8) is 0 Å². The molecule has 2 rings (SSSR count). The number of hydrogen-bond acceptors (Lipinski definition) is 1. The van der Waals surface area contributed by atoms with Gasteiger partial charge in [0.05, 0.1) is 5.56 Å². The van der Waals surface area contributed by atoms with Crippen LogP contribution in [-0.2, 0) is 6.18 Å². The Morgan fingerprint density at radius 1 is 1.14 bits per heavy atom. The molecule has 118 valence electrons. The van der Waals surface area contributed by atoms with Gasteiger partial charge in [-0.05, 0) is 67.2 Å². The summed E-state index contributed by atoms with van der Waals surface area (Å²) < 4.78 is 37.9. The monoisotopic (exact) mass is 299 g/mol. The summed E-state index contributed by atoms with van der Waals surface area (Å²) in [4.78, 5) is 0. The Labute approximate surface area is 124 Å². The molecule has 0 aliphatic heterocycles. The molecule has 1 saturated carbocycles. The van der Waals surface area contributed by atoms with Crippen molar-refractivity contribution in [3.8, 4) is 0 Å². The predicted octanol–water partition coefficient (Wildman–Crippen LogP) is 4.96. The first-order valence-electron chi connectivity index (χ1n) is 7.60. The van der Waals surface area contributed by atoms with Crippen molar-refractivity contribution in [2.24, 2.45) is 17.1 Å². The summed E-state index contributed by atoms with van der Waals surface area (Å²) in [5.74, 6) is 0.656. The van der Waals surface area contributed by atoms with Gasteiger partial charge in [-0.25, -0.2) is 0 Å². The molecule has 4 heteroatoms. The second kappa shape index (κ2) is 5.99. The van der Waals surface area contributed by atoms with Crippen molar-refractivity contribution in [2.75, 3.05) is 6.54 Å². The molecule has 1 aromatic carbocycles. The van der Waals surface area contributed by atoms with Crippen molar-refractivity contribution in [3.05, 3.63) is 35.4 Å². The molecule has 0 aromatic heterocycles. The van der Waals surface area contributed by atoms with Crippen LogP contribution in [-0.4, -0.2) is 6.54 Å². The maximum Gasteiger partial charge on any atom is 0.416 e. The Morgan fingerprint density at radius 2 is 1.67 bits per heavy atom.